The van der Waals surface area contributed by atoms with Gasteiger partial charge in [-0.15, -0.1) is 0 Å². The van der Waals surface area contributed by atoms with Gasteiger partial charge in [0, 0.05) is 37.6 Å². The lowest BCUT2D eigenvalue weighted by atomic mass is 10.2. The number of nitrogens with one attached hydrogen (secondary N) is 1. The molecule has 2 rings (SSSR count). The zero-order chi connectivity index (χ0) is 16.8. The fourth-order valence-corrected chi connectivity index (χ4v) is 2.43. The third kappa shape index (κ3) is 4.85. The van der Waals surface area contributed by atoms with Gasteiger partial charge in [-0.3, -0.25) is 9.69 Å². The largest absolute Gasteiger partial charge is 0.450 e. The number of ether oxygens (including phenoxy) is 1. The Hall–Kier alpha value is -2.28. The molecule has 0 atom stereocenters. The summed E-state index contributed by atoms with van der Waals surface area (Å²) in [5.41, 5.74) is 8.18. The van der Waals surface area contributed by atoms with Gasteiger partial charge < -0.3 is 20.7 Å². The standard InChI is InChI=1S/C16H24N4O3/c1-3-23-16(22)20-8-6-19(7-9-20)11-15(21)18-13-5-4-12(2)14(17)10-13/h4-5,10H,3,6-9,11,17H2,1-2H3,(H,18,21). The molecule has 126 valence electrons. The van der Waals surface area contributed by atoms with Crippen molar-refractivity contribution in [2.24, 2.45) is 0 Å². The first-order valence-electron chi connectivity index (χ1n) is 7.79. The maximum atomic E-state index is 12.1. The van der Waals surface area contributed by atoms with Gasteiger partial charge in [0.05, 0.1) is 13.2 Å². The van der Waals surface area contributed by atoms with Crippen LogP contribution >= 0.6 is 0 Å². The van der Waals surface area contributed by atoms with Gasteiger partial charge in [-0.2, -0.15) is 0 Å². The van der Waals surface area contributed by atoms with Crippen molar-refractivity contribution in [3.8, 4) is 0 Å². The van der Waals surface area contributed by atoms with E-state index in [4.69, 9.17) is 10.5 Å². The summed E-state index contributed by atoms with van der Waals surface area (Å²) in [4.78, 5) is 27.4. The molecule has 1 aliphatic heterocycles. The smallest absolute Gasteiger partial charge is 0.409 e. The summed E-state index contributed by atoms with van der Waals surface area (Å²) in [6.07, 6.45) is -0.285. The van der Waals surface area contributed by atoms with Gasteiger partial charge >= 0.3 is 6.09 Å². The van der Waals surface area contributed by atoms with E-state index >= 15 is 0 Å². The van der Waals surface area contributed by atoms with E-state index in [1.165, 1.54) is 0 Å². The van der Waals surface area contributed by atoms with E-state index in [-0.39, 0.29) is 12.0 Å². The topological polar surface area (TPSA) is 87.9 Å². The number of nitrogen functional groups attached to an aromatic ring is 1. The van der Waals surface area contributed by atoms with E-state index in [9.17, 15) is 9.59 Å². The summed E-state index contributed by atoms with van der Waals surface area (Å²) in [5.74, 6) is -0.0853. The number of hydrogen-bond donors (Lipinski definition) is 2. The number of benzene rings is 1. The highest BCUT2D eigenvalue weighted by molar-refractivity contribution is 5.92. The van der Waals surface area contributed by atoms with Crippen LogP contribution in [0.15, 0.2) is 18.2 Å². The first-order chi connectivity index (χ1) is 11.0. The Bertz CT molecular complexity index is 568. The van der Waals surface area contributed by atoms with Crippen LogP contribution in [0.2, 0.25) is 0 Å². The van der Waals surface area contributed by atoms with E-state index in [2.05, 4.69) is 5.32 Å². The fraction of sp³-hybridized carbons (Fsp3) is 0.500. The third-order valence-electron chi connectivity index (χ3n) is 3.83. The van der Waals surface area contributed by atoms with Crippen LogP contribution in [0.4, 0.5) is 16.2 Å². The van der Waals surface area contributed by atoms with Crippen molar-refractivity contribution in [3.05, 3.63) is 23.8 Å². The van der Waals surface area contributed by atoms with E-state index in [1.54, 1.807) is 17.9 Å². The van der Waals surface area contributed by atoms with E-state index in [0.29, 0.717) is 50.7 Å². The highest BCUT2D eigenvalue weighted by Gasteiger charge is 2.23. The second-order valence-electron chi connectivity index (χ2n) is 5.58. The Morgan fingerprint density at radius 2 is 1.96 bits per heavy atom. The summed E-state index contributed by atoms with van der Waals surface area (Å²) < 4.78 is 4.97. The van der Waals surface area contributed by atoms with Crippen LogP contribution in [0.1, 0.15) is 12.5 Å². The van der Waals surface area contributed by atoms with Crippen LogP contribution in [-0.4, -0.2) is 61.1 Å². The highest BCUT2D eigenvalue weighted by Crippen LogP contribution is 2.16. The second kappa shape index (κ2) is 7.82. The molecule has 1 aromatic carbocycles. The molecule has 0 unspecified atom stereocenters. The molecule has 1 aliphatic rings. The van der Waals surface area contributed by atoms with Gasteiger partial charge in [0.2, 0.25) is 5.91 Å². The minimum atomic E-state index is -0.285. The van der Waals surface area contributed by atoms with E-state index < -0.39 is 0 Å². The zero-order valence-corrected chi connectivity index (χ0v) is 13.7. The lowest BCUT2D eigenvalue weighted by Crippen LogP contribution is -2.50. The predicted molar refractivity (Wildman–Crippen MR) is 89.3 cm³/mol. The minimum absolute atomic E-state index is 0.0853. The summed E-state index contributed by atoms with van der Waals surface area (Å²) in [7, 11) is 0. The number of nitrogens with zero attached hydrogens (tertiary/aromatic N) is 2. The summed E-state index contributed by atoms with van der Waals surface area (Å²) in [6.45, 7) is 6.84. The van der Waals surface area contributed by atoms with Crippen molar-refractivity contribution >= 4 is 23.4 Å². The molecule has 1 saturated heterocycles. The van der Waals surface area contributed by atoms with Crippen LogP contribution in [-0.2, 0) is 9.53 Å². The van der Waals surface area contributed by atoms with Gasteiger partial charge in [-0.25, -0.2) is 4.79 Å². The summed E-state index contributed by atoms with van der Waals surface area (Å²) in [5, 5.41) is 2.85. The Kier molecular flexibility index (Phi) is 5.81. The molecule has 1 fully saturated rings. The number of nitrogens with two attached hydrogens (primary N) is 1. The molecule has 7 heteroatoms. The van der Waals surface area contributed by atoms with Crippen LogP contribution in [0.3, 0.4) is 0 Å². The average molecular weight is 320 g/mol. The molecule has 1 aromatic rings. The monoisotopic (exact) mass is 320 g/mol. The molecule has 0 bridgehead atoms. The summed E-state index contributed by atoms with van der Waals surface area (Å²) in [6, 6.07) is 5.47. The lowest BCUT2D eigenvalue weighted by molar-refractivity contribution is -0.117. The van der Waals surface area contributed by atoms with Gasteiger partial charge in [-0.1, -0.05) is 6.07 Å². The number of carbonyl (C=O) groups is 2. The Labute approximate surface area is 136 Å². The van der Waals surface area contributed by atoms with Crippen molar-refractivity contribution < 1.29 is 14.3 Å². The highest BCUT2D eigenvalue weighted by atomic mass is 16.6. The Morgan fingerprint density at radius 3 is 2.57 bits per heavy atom. The van der Waals surface area contributed by atoms with Crippen LogP contribution in [0.5, 0.6) is 0 Å². The first kappa shape index (κ1) is 17.1. The molecule has 0 aromatic heterocycles. The van der Waals surface area contributed by atoms with E-state index in [0.717, 1.165) is 5.56 Å². The minimum Gasteiger partial charge on any atom is -0.450 e. The number of rotatable bonds is 4. The number of piperazine rings is 1. The number of aryl methyl sites for hydroxylation is 1. The van der Waals surface area contributed by atoms with Crippen LogP contribution in [0.25, 0.3) is 0 Å². The van der Waals surface area contributed by atoms with Gasteiger partial charge in [0.15, 0.2) is 0 Å². The van der Waals surface area contributed by atoms with Gasteiger partial charge in [0.1, 0.15) is 0 Å². The zero-order valence-electron chi connectivity index (χ0n) is 13.7. The maximum Gasteiger partial charge on any atom is 0.409 e. The van der Waals surface area contributed by atoms with Crippen molar-refractivity contribution in [2.45, 2.75) is 13.8 Å². The fourth-order valence-electron chi connectivity index (χ4n) is 2.43. The SMILES string of the molecule is CCOC(=O)N1CCN(CC(=O)Nc2ccc(C)c(N)c2)CC1. The lowest BCUT2D eigenvalue weighted by Gasteiger charge is -2.33. The number of carbonyl (C=O) groups excluding carboxylic acids is 2. The number of anilines is 2. The Morgan fingerprint density at radius 1 is 1.26 bits per heavy atom. The predicted octanol–water partition coefficient (Wildman–Crippen LogP) is 1.29. The van der Waals surface area contributed by atoms with Crippen LogP contribution in [0, 0.1) is 6.92 Å². The van der Waals surface area contributed by atoms with Gasteiger partial charge in [0.25, 0.3) is 0 Å². The maximum absolute atomic E-state index is 12.1. The van der Waals surface area contributed by atoms with E-state index in [1.807, 2.05) is 24.0 Å². The molecule has 3 N–H and O–H groups in total. The normalized spacial score (nSPS) is 15.3. The summed E-state index contributed by atoms with van der Waals surface area (Å²) >= 11 is 0. The van der Waals surface area contributed by atoms with Crippen molar-refractivity contribution in [1.29, 1.82) is 0 Å². The molecule has 0 aliphatic carbocycles. The second-order valence-corrected chi connectivity index (χ2v) is 5.58. The Balaban J connectivity index is 1.78. The molecule has 1 heterocycles. The first-order valence-corrected chi connectivity index (χ1v) is 7.79. The quantitative estimate of drug-likeness (QED) is 0.816. The molecule has 7 nitrogen and oxygen atoms in total. The number of hydrogen-bond acceptors (Lipinski definition) is 5. The molecule has 0 spiro atoms. The van der Waals surface area contributed by atoms with Crippen LogP contribution < -0.4 is 11.1 Å². The molecular weight excluding hydrogens is 296 g/mol. The van der Waals surface area contributed by atoms with Crippen molar-refractivity contribution in [1.82, 2.24) is 9.80 Å². The van der Waals surface area contributed by atoms with Crippen molar-refractivity contribution in [2.75, 3.05) is 50.4 Å². The van der Waals surface area contributed by atoms with Gasteiger partial charge in [-0.05, 0) is 31.5 Å². The molecule has 2 amide bonds. The molecule has 23 heavy (non-hydrogen) atoms. The molecular formula is C16H24N4O3. The molecule has 0 saturated carbocycles. The van der Waals surface area contributed by atoms with Crippen molar-refractivity contribution in [3.63, 3.8) is 0 Å². The average Bonchev–Trinajstić information content (AvgIpc) is 2.52. The number of amides is 2. The molecule has 0 radical (unpaired) electrons. The third-order valence-corrected chi connectivity index (χ3v) is 3.83.